The van der Waals surface area contributed by atoms with Crippen molar-refractivity contribution in [3.63, 3.8) is 0 Å². The smallest absolute Gasteiger partial charge is 0.346 e. The highest BCUT2D eigenvalue weighted by atomic mass is 35.5. The zero-order valence-electron chi connectivity index (χ0n) is 16.0. The maximum absolute atomic E-state index is 14.5. The normalized spacial score (nSPS) is 11.1. The second-order valence-corrected chi connectivity index (χ2v) is 6.94. The molecule has 0 heterocycles. The van der Waals surface area contributed by atoms with Crippen LogP contribution >= 0.6 is 11.6 Å². The Hall–Kier alpha value is -3.62. The van der Waals surface area contributed by atoms with Gasteiger partial charge in [-0.15, -0.1) is 0 Å². The third-order valence-corrected chi connectivity index (χ3v) is 4.87. The van der Waals surface area contributed by atoms with E-state index in [9.17, 15) is 9.18 Å². The molecule has 4 nitrogen and oxygen atoms in total. The summed E-state index contributed by atoms with van der Waals surface area (Å²) < 4.78 is 20.2. The van der Waals surface area contributed by atoms with Gasteiger partial charge in [-0.05, 0) is 52.9 Å². The van der Waals surface area contributed by atoms with Gasteiger partial charge >= 0.3 is 5.97 Å². The van der Waals surface area contributed by atoms with Crippen molar-refractivity contribution >= 4 is 23.6 Å². The number of rotatable bonds is 6. The maximum atomic E-state index is 14.5. The van der Waals surface area contributed by atoms with Gasteiger partial charge in [-0.1, -0.05) is 60.1 Å². The number of aliphatic carboxylic acids is 1. The van der Waals surface area contributed by atoms with E-state index in [-0.39, 0.29) is 22.9 Å². The molecule has 3 aromatic rings. The molecular formula is C24H17ClFNO3. The highest BCUT2D eigenvalue weighted by molar-refractivity contribution is 6.32. The summed E-state index contributed by atoms with van der Waals surface area (Å²) in [5.41, 5.74) is 3.66. The number of carboxylic acid groups (broad SMARTS) is 1. The van der Waals surface area contributed by atoms with E-state index in [2.05, 4.69) is 0 Å². The molecule has 0 aliphatic carbocycles. The summed E-state index contributed by atoms with van der Waals surface area (Å²) in [6.45, 7) is 2.08. The van der Waals surface area contributed by atoms with Crippen LogP contribution < -0.4 is 4.74 Å². The zero-order chi connectivity index (χ0) is 21.7. The van der Waals surface area contributed by atoms with E-state index < -0.39 is 17.4 Å². The van der Waals surface area contributed by atoms with Crippen LogP contribution in [0.2, 0.25) is 5.02 Å². The standard InChI is InChI=1S/C24H17ClFNO3/c1-15-18(8-5-9-20(15)17-6-3-2-4-7-17)14-30-23-21(25)11-16(12-22(23)26)10-19(13-27)24(28)29/h2-12H,14H2,1H3,(H,28,29). The lowest BCUT2D eigenvalue weighted by atomic mass is 9.97. The first-order chi connectivity index (χ1) is 14.4. The molecule has 0 aliphatic rings. The Morgan fingerprint density at radius 1 is 1.20 bits per heavy atom. The SMILES string of the molecule is Cc1c(COc2c(F)cc(C=C(C#N)C(=O)O)cc2Cl)cccc1-c1ccccc1. The van der Waals surface area contributed by atoms with E-state index in [1.54, 1.807) is 0 Å². The van der Waals surface area contributed by atoms with Crippen LogP contribution in [0.5, 0.6) is 5.75 Å². The van der Waals surface area contributed by atoms with Crippen LogP contribution in [-0.4, -0.2) is 11.1 Å². The summed E-state index contributed by atoms with van der Waals surface area (Å²) in [5.74, 6) is -2.27. The lowest BCUT2D eigenvalue weighted by Crippen LogP contribution is -2.02. The summed E-state index contributed by atoms with van der Waals surface area (Å²) >= 11 is 6.15. The Morgan fingerprint density at radius 2 is 1.93 bits per heavy atom. The molecule has 0 saturated carbocycles. The van der Waals surface area contributed by atoms with Crippen molar-refractivity contribution in [3.8, 4) is 22.9 Å². The third-order valence-electron chi connectivity index (χ3n) is 4.59. The molecule has 0 fully saturated rings. The van der Waals surface area contributed by atoms with E-state index in [4.69, 9.17) is 26.7 Å². The molecule has 0 aliphatic heterocycles. The van der Waals surface area contributed by atoms with Gasteiger partial charge in [0.1, 0.15) is 18.2 Å². The minimum Gasteiger partial charge on any atom is -0.484 e. The van der Waals surface area contributed by atoms with Crippen molar-refractivity contribution in [2.24, 2.45) is 0 Å². The van der Waals surface area contributed by atoms with Crippen LogP contribution in [0.15, 0.2) is 66.2 Å². The molecule has 6 heteroatoms. The minimum atomic E-state index is -1.40. The number of nitriles is 1. The fourth-order valence-electron chi connectivity index (χ4n) is 3.03. The van der Waals surface area contributed by atoms with Gasteiger partial charge in [-0.25, -0.2) is 9.18 Å². The zero-order valence-corrected chi connectivity index (χ0v) is 16.8. The van der Waals surface area contributed by atoms with E-state index >= 15 is 0 Å². The first kappa shape index (κ1) is 21.1. The Labute approximate surface area is 178 Å². The summed E-state index contributed by atoms with van der Waals surface area (Å²) in [6, 6.07) is 19.7. The van der Waals surface area contributed by atoms with Crippen molar-refractivity contribution in [2.75, 3.05) is 0 Å². The summed E-state index contributed by atoms with van der Waals surface area (Å²) in [7, 11) is 0. The van der Waals surface area contributed by atoms with Crippen molar-refractivity contribution < 1.29 is 19.0 Å². The average molecular weight is 422 g/mol. The molecule has 30 heavy (non-hydrogen) atoms. The predicted molar refractivity (Wildman–Crippen MR) is 114 cm³/mol. The molecule has 3 aromatic carbocycles. The number of nitrogens with zero attached hydrogens (tertiary/aromatic N) is 1. The number of hydrogen-bond donors (Lipinski definition) is 1. The van der Waals surface area contributed by atoms with Gasteiger partial charge in [-0.2, -0.15) is 5.26 Å². The van der Waals surface area contributed by atoms with Crippen LogP contribution in [0.4, 0.5) is 4.39 Å². The van der Waals surface area contributed by atoms with Gasteiger partial charge in [-0.3, -0.25) is 0 Å². The number of hydrogen-bond acceptors (Lipinski definition) is 3. The molecule has 0 saturated heterocycles. The summed E-state index contributed by atoms with van der Waals surface area (Å²) in [5, 5.41) is 17.8. The van der Waals surface area contributed by atoms with Gasteiger partial charge in [0.25, 0.3) is 0 Å². The van der Waals surface area contributed by atoms with E-state index in [1.165, 1.54) is 12.1 Å². The van der Waals surface area contributed by atoms with Crippen molar-refractivity contribution in [1.82, 2.24) is 0 Å². The van der Waals surface area contributed by atoms with Crippen LogP contribution in [0.25, 0.3) is 17.2 Å². The van der Waals surface area contributed by atoms with E-state index in [0.717, 1.165) is 34.4 Å². The molecule has 3 rings (SSSR count). The highest BCUT2D eigenvalue weighted by Gasteiger charge is 2.14. The largest absolute Gasteiger partial charge is 0.484 e. The maximum Gasteiger partial charge on any atom is 0.346 e. The first-order valence-electron chi connectivity index (χ1n) is 9.01. The fraction of sp³-hybridized carbons (Fsp3) is 0.0833. The van der Waals surface area contributed by atoms with Crippen LogP contribution in [0.1, 0.15) is 16.7 Å². The van der Waals surface area contributed by atoms with Crippen LogP contribution in [-0.2, 0) is 11.4 Å². The van der Waals surface area contributed by atoms with Crippen molar-refractivity contribution in [1.29, 1.82) is 5.26 Å². The number of carboxylic acids is 1. The van der Waals surface area contributed by atoms with Crippen molar-refractivity contribution in [2.45, 2.75) is 13.5 Å². The molecule has 0 spiro atoms. The second-order valence-electron chi connectivity index (χ2n) is 6.53. The fourth-order valence-corrected chi connectivity index (χ4v) is 3.30. The monoisotopic (exact) mass is 421 g/mol. The lowest BCUT2D eigenvalue weighted by Gasteiger charge is -2.14. The van der Waals surface area contributed by atoms with E-state index in [0.29, 0.717) is 0 Å². The predicted octanol–water partition coefficient (Wildman–Crippen LogP) is 6.03. The summed E-state index contributed by atoms with van der Waals surface area (Å²) in [4.78, 5) is 11.0. The molecule has 0 aromatic heterocycles. The number of carbonyl (C=O) groups is 1. The van der Waals surface area contributed by atoms with Gasteiger partial charge in [0.2, 0.25) is 0 Å². The first-order valence-corrected chi connectivity index (χ1v) is 9.39. The topological polar surface area (TPSA) is 70.3 Å². The molecule has 0 bridgehead atoms. The molecular weight excluding hydrogens is 405 g/mol. The Bertz CT molecular complexity index is 1140. The molecule has 0 radical (unpaired) electrons. The Kier molecular flexibility index (Phi) is 6.51. The molecule has 0 atom stereocenters. The van der Waals surface area contributed by atoms with Gasteiger partial charge in [0.05, 0.1) is 5.02 Å². The second kappa shape index (κ2) is 9.25. The van der Waals surface area contributed by atoms with Crippen LogP contribution in [0, 0.1) is 24.1 Å². The molecule has 0 amide bonds. The average Bonchev–Trinajstić information content (AvgIpc) is 2.73. The number of benzene rings is 3. The van der Waals surface area contributed by atoms with Gasteiger partial charge in [0, 0.05) is 0 Å². The minimum absolute atomic E-state index is 0.0132. The highest BCUT2D eigenvalue weighted by Crippen LogP contribution is 2.32. The summed E-state index contributed by atoms with van der Waals surface area (Å²) in [6.07, 6.45) is 1.05. The Morgan fingerprint density at radius 3 is 2.57 bits per heavy atom. The van der Waals surface area contributed by atoms with Gasteiger partial charge < -0.3 is 9.84 Å². The van der Waals surface area contributed by atoms with Gasteiger partial charge in [0.15, 0.2) is 11.6 Å². The van der Waals surface area contributed by atoms with Crippen molar-refractivity contribution in [3.05, 3.63) is 93.8 Å². The quantitative estimate of drug-likeness (QED) is 0.390. The number of ether oxygens (including phenoxy) is 1. The van der Waals surface area contributed by atoms with E-state index in [1.807, 2.05) is 55.5 Å². The number of halogens is 2. The van der Waals surface area contributed by atoms with Crippen LogP contribution in [0.3, 0.4) is 0 Å². The molecule has 150 valence electrons. The lowest BCUT2D eigenvalue weighted by molar-refractivity contribution is -0.132. The third kappa shape index (κ3) is 4.68. The molecule has 0 unspecified atom stereocenters. The Balaban J connectivity index is 1.85. The molecule has 1 N–H and O–H groups in total.